The molecule has 1 N–H and O–H groups in total. The largest absolute Gasteiger partial charge is 0.353 e. The number of rotatable bonds is 4. The van der Waals surface area contributed by atoms with Gasteiger partial charge < -0.3 is 15.1 Å². The number of hydrogen-bond donors (Lipinski definition) is 1. The Bertz CT molecular complexity index is 1090. The molecule has 150 valence electrons. The molecule has 1 amide bonds. The van der Waals surface area contributed by atoms with Crippen LogP contribution in [-0.4, -0.2) is 47.0 Å². The van der Waals surface area contributed by atoms with E-state index < -0.39 is 0 Å². The highest BCUT2D eigenvalue weighted by molar-refractivity contribution is 6.03. The maximum atomic E-state index is 12.7. The summed E-state index contributed by atoms with van der Waals surface area (Å²) in [5.41, 5.74) is 2.06. The van der Waals surface area contributed by atoms with Gasteiger partial charge in [-0.15, -0.1) is 0 Å². The Hall–Kier alpha value is -3.99. The van der Waals surface area contributed by atoms with E-state index in [1.807, 2.05) is 25.1 Å². The van der Waals surface area contributed by atoms with E-state index in [9.17, 15) is 4.79 Å². The van der Waals surface area contributed by atoms with Gasteiger partial charge in [-0.1, -0.05) is 12.1 Å². The molecule has 0 unspecified atom stereocenters. The molecule has 0 radical (unpaired) electrons. The summed E-state index contributed by atoms with van der Waals surface area (Å²) >= 11 is 0. The molecular formula is C22H21N7O. The van der Waals surface area contributed by atoms with Gasteiger partial charge in [-0.3, -0.25) is 4.79 Å². The Kier molecular flexibility index (Phi) is 5.52. The van der Waals surface area contributed by atoms with E-state index in [-0.39, 0.29) is 5.91 Å². The summed E-state index contributed by atoms with van der Waals surface area (Å²) in [5, 5.41) is 11.8. The van der Waals surface area contributed by atoms with Crippen LogP contribution in [0.4, 0.5) is 17.5 Å². The van der Waals surface area contributed by atoms with Gasteiger partial charge in [0.15, 0.2) is 0 Å². The smallest absolute Gasteiger partial charge is 0.274 e. The number of nitrogens with one attached hydrogen (secondary N) is 1. The predicted molar refractivity (Wildman–Crippen MR) is 115 cm³/mol. The maximum absolute atomic E-state index is 12.7. The first-order valence-electron chi connectivity index (χ1n) is 9.70. The molecule has 1 aromatic carbocycles. The van der Waals surface area contributed by atoms with Crippen LogP contribution < -0.4 is 15.1 Å². The van der Waals surface area contributed by atoms with Gasteiger partial charge in [0.05, 0.1) is 11.6 Å². The number of nitrogens with zero attached hydrogens (tertiary/aromatic N) is 6. The highest BCUT2D eigenvalue weighted by Crippen LogP contribution is 2.18. The monoisotopic (exact) mass is 399 g/mol. The Balaban J connectivity index is 1.47. The molecule has 4 rings (SSSR count). The van der Waals surface area contributed by atoms with E-state index in [1.165, 1.54) is 0 Å². The molecule has 1 aliphatic heterocycles. The normalized spacial score (nSPS) is 13.6. The predicted octanol–water partition coefficient (Wildman–Crippen LogP) is 2.63. The summed E-state index contributed by atoms with van der Waals surface area (Å²) in [5.74, 6) is 1.18. The van der Waals surface area contributed by atoms with E-state index in [0.717, 1.165) is 37.7 Å². The molecular weight excluding hydrogens is 378 g/mol. The average molecular weight is 399 g/mol. The lowest BCUT2D eigenvalue weighted by atomic mass is 10.2. The lowest BCUT2D eigenvalue weighted by Crippen LogP contribution is -2.47. The Morgan fingerprint density at radius 2 is 1.83 bits per heavy atom. The number of aryl methyl sites for hydroxylation is 1. The first-order chi connectivity index (χ1) is 14.6. The number of carbonyl (C=O) groups excluding carboxylic acids is 1. The number of anilines is 3. The molecule has 2 aromatic heterocycles. The van der Waals surface area contributed by atoms with Crippen molar-refractivity contribution in [2.75, 3.05) is 41.3 Å². The number of carbonyl (C=O) groups is 1. The van der Waals surface area contributed by atoms with E-state index >= 15 is 0 Å². The van der Waals surface area contributed by atoms with Gasteiger partial charge in [0.2, 0.25) is 5.95 Å². The second-order valence-corrected chi connectivity index (χ2v) is 7.00. The lowest BCUT2D eigenvalue weighted by Gasteiger charge is -2.35. The fourth-order valence-electron chi connectivity index (χ4n) is 3.35. The Labute approximate surface area is 174 Å². The average Bonchev–Trinajstić information content (AvgIpc) is 2.79. The maximum Gasteiger partial charge on any atom is 0.274 e. The van der Waals surface area contributed by atoms with Gasteiger partial charge in [0.1, 0.15) is 11.5 Å². The van der Waals surface area contributed by atoms with Crippen LogP contribution in [0.2, 0.25) is 0 Å². The summed E-state index contributed by atoms with van der Waals surface area (Å²) in [6.07, 6.45) is 1.79. The zero-order valence-electron chi connectivity index (χ0n) is 16.6. The van der Waals surface area contributed by atoms with Crippen LogP contribution in [0.25, 0.3) is 0 Å². The van der Waals surface area contributed by atoms with Crippen molar-refractivity contribution in [2.45, 2.75) is 6.92 Å². The highest BCUT2D eigenvalue weighted by atomic mass is 16.1. The van der Waals surface area contributed by atoms with Crippen LogP contribution in [0.3, 0.4) is 0 Å². The number of benzene rings is 1. The number of hydrogen-bond acceptors (Lipinski definition) is 7. The molecule has 30 heavy (non-hydrogen) atoms. The van der Waals surface area contributed by atoms with Gasteiger partial charge in [-0.2, -0.15) is 5.26 Å². The van der Waals surface area contributed by atoms with Gasteiger partial charge in [0, 0.05) is 43.8 Å². The van der Waals surface area contributed by atoms with Crippen molar-refractivity contribution >= 4 is 23.4 Å². The van der Waals surface area contributed by atoms with Gasteiger partial charge in [-0.25, -0.2) is 15.0 Å². The molecule has 1 aliphatic rings. The first-order valence-corrected chi connectivity index (χ1v) is 9.70. The van der Waals surface area contributed by atoms with Crippen molar-refractivity contribution in [3.8, 4) is 6.07 Å². The first kappa shape index (κ1) is 19.3. The number of amides is 1. The van der Waals surface area contributed by atoms with Gasteiger partial charge in [0.25, 0.3) is 5.91 Å². The SMILES string of the molecule is Cc1cc(C(=O)Nc2cccc(C#N)c2)nc(N2CCN(c3ccccn3)CC2)n1. The fourth-order valence-corrected chi connectivity index (χ4v) is 3.35. The molecule has 0 bridgehead atoms. The van der Waals surface area contributed by atoms with Crippen LogP contribution in [-0.2, 0) is 0 Å². The third-order valence-electron chi connectivity index (χ3n) is 4.86. The second-order valence-electron chi connectivity index (χ2n) is 7.00. The summed E-state index contributed by atoms with van der Waals surface area (Å²) in [4.78, 5) is 30.5. The molecule has 8 nitrogen and oxygen atoms in total. The summed E-state index contributed by atoms with van der Waals surface area (Å²) in [6, 6.07) is 16.4. The number of pyridine rings is 1. The van der Waals surface area contributed by atoms with Gasteiger partial charge >= 0.3 is 0 Å². The second kappa shape index (κ2) is 8.57. The molecule has 3 aromatic rings. The van der Waals surface area contributed by atoms with Gasteiger partial charge in [-0.05, 0) is 43.3 Å². The van der Waals surface area contributed by atoms with Crippen molar-refractivity contribution in [1.29, 1.82) is 5.26 Å². The van der Waals surface area contributed by atoms with Crippen LogP contribution >= 0.6 is 0 Å². The number of piperazine rings is 1. The molecule has 8 heteroatoms. The van der Waals surface area contributed by atoms with Crippen LogP contribution in [0.1, 0.15) is 21.7 Å². The molecule has 1 saturated heterocycles. The number of nitriles is 1. The van der Waals surface area contributed by atoms with Crippen molar-refractivity contribution < 1.29 is 4.79 Å². The van der Waals surface area contributed by atoms with E-state index in [0.29, 0.717) is 22.9 Å². The zero-order valence-corrected chi connectivity index (χ0v) is 16.6. The highest BCUT2D eigenvalue weighted by Gasteiger charge is 2.21. The van der Waals surface area contributed by atoms with E-state index in [4.69, 9.17) is 5.26 Å². The van der Waals surface area contributed by atoms with Crippen molar-refractivity contribution in [3.63, 3.8) is 0 Å². The van der Waals surface area contributed by atoms with Crippen molar-refractivity contribution in [2.24, 2.45) is 0 Å². The zero-order chi connectivity index (χ0) is 20.9. The summed E-state index contributed by atoms with van der Waals surface area (Å²) in [6.45, 7) is 4.94. The fraction of sp³-hybridized carbons (Fsp3) is 0.227. The van der Waals surface area contributed by atoms with Crippen LogP contribution in [0, 0.1) is 18.3 Å². The van der Waals surface area contributed by atoms with E-state index in [2.05, 4.69) is 36.1 Å². The molecule has 3 heterocycles. The van der Waals surface area contributed by atoms with Crippen LogP contribution in [0.15, 0.2) is 54.7 Å². The topological polar surface area (TPSA) is 98.0 Å². The minimum absolute atomic E-state index is 0.298. The summed E-state index contributed by atoms with van der Waals surface area (Å²) < 4.78 is 0. The number of aromatic nitrogens is 3. The third kappa shape index (κ3) is 4.36. The third-order valence-corrected chi connectivity index (χ3v) is 4.86. The van der Waals surface area contributed by atoms with E-state index in [1.54, 1.807) is 36.5 Å². The molecule has 0 saturated carbocycles. The summed E-state index contributed by atoms with van der Waals surface area (Å²) in [7, 11) is 0. The Morgan fingerprint density at radius 1 is 1.03 bits per heavy atom. The molecule has 0 aliphatic carbocycles. The standard InChI is InChI=1S/C22H21N7O/c1-16-13-19(21(30)26-18-6-4-5-17(14-18)15-23)27-22(25-16)29-11-9-28(10-12-29)20-7-2-3-8-24-20/h2-8,13-14H,9-12H2,1H3,(H,26,30). The van der Waals surface area contributed by atoms with Crippen molar-refractivity contribution in [1.82, 2.24) is 15.0 Å². The molecule has 0 spiro atoms. The quantitative estimate of drug-likeness (QED) is 0.720. The van der Waals surface area contributed by atoms with Crippen LogP contribution in [0.5, 0.6) is 0 Å². The van der Waals surface area contributed by atoms with Crippen molar-refractivity contribution in [3.05, 3.63) is 71.7 Å². The minimum Gasteiger partial charge on any atom is -0.353 e. The minimum atomic E-state index is -0.330. The lowest BCUT2D eigenvalue weighted by molar-refractivity contribution is 0.102. The molecule has 1 fully saturated rings. The Morgan fingerprint density at radius 3 is 2.57 bits per heavy atom. The molecule has 0 atom stereocenters.